The molecule has 0 N–H and O–H groups in total. The van der Waals surface area contributed by atoms with Gasteiger partial charge in [0.2, 0.25) is 0 Å². The topological polar surface area (TPSA) is 49.9 Å². The predicted octanol–water partition coefficient (Wildman–Crippen LogP) is 1.52. The van der Waals surface area contributed by atoms with Crippen molar-refractivity contribution < 1.29 is 13.7 Å². The third-order valence-corrected chi connectivity index (χ3v) is 4.80. The predicted molar refractivity (Wildman–Crippen MR) is 82.8 cm³/mol. The molecule has 3 unspecified atom stereocenters. The molecule has 1 aliphatic rings. The lowest BCUT2D eigenvalue weighted by molar-refractivity contribution is 0.0283. The van der Waals surface area contributed by atoms with Crippen molar-refractivity contribution in [1.82, 2.24) is 9.80 Å². The number of hydrogen-bond acceptors (Lipinski definition) is 4. The molecule has 1 saturated heterocycles. The second-order valence-electron chi connectivity index (χ2n) is 6.16. The van der Waals surface area contributed by atoms with Crippen LogP contribution in [-0.4, -0.2) is 75.8 Å². The molecule has 1 rings (SSSR count). The first-order valence-electron chi connectivity index (χ1n) is 6.72. The van der Waals surface area contributed by atoms with Crippen LogP contribution < -0.4 is 0 Å². The van der Waals surface area contributed by atoms with E-state index in [0.717, 1.165) is 0 Å². The molecule has 1 aliphatic heterocycles. The lowest BCUT2D eigenvalue weighted by atomic mass is 10.2. The summed E-state index contributed by atoms with van der Waals surface area (Å²) in [5.74, 6) is 0.516. The number of likely N-dealkylation sites (tertiary alicyclic amines) is 1. The number of likely N-dealkylation sites (N-methyl/N-ethyl adjacent to an activating group) is 1. The molecule has 118 valence electrons. The Morgan fingerprint density at radius 1 is 1.45 bits per heavy atom. The molecule has 0 bridgehead atoms. The van der Waals surface area contributed by atoms with E-state index in [0.29, 0.717) is 25.5 Å². The van der Waals surface area contributed by atoms with Crippen LogP contribution in [-0.2, 0) is 15.5 Å². The molecular formula is C13H25ClN2O3S. The molecule has 3 atom stereocenters. The van der Waals surface area contributed by atoms with Gasteiger partial charge in [0.1, 0.15) is 5.60 Å². The fourth-order valence-corrected chi connectivity index (χ4v) is 3.67. The van der Waals surface area contributed by atoms with Crippen LogP contribution in [0, 0.1) is 0 Å². The first-order valence-corrected chi connectivity index (χ1v) is 8.87. The maximum Gasteiger partial charge on any atom is 0.410 e. The molecule has 5 nitrogen and oxygen atoms in total. The van der Waals surface area contributed by atoms with Crippen LogP contribution in [0.3, 0.4) is 0 Å². The van der Waals surface area contributed by atoms with Gasteiger partial charge in [-0.1, -0.05) is 0 Å². The van der Waals surface area contributed by atoms with Gasteiger partial charge in [0, 0.05) is 48.6 Å². The number of rotatable bonds is 4. The third kappa shape index (κ3) is 4.90. The Morgan fingerprint density at radius 3 is 2.50 bits per heavy atom. The first-order chi connectivity index (χ1) is 9.15. The molecule has 20 heavy (non-hydrogen) atoms. The Balaban J connectivity index is 2.75. The lowest BCUT2D eigenvalue weighted by Crippen LogP contribution is -2.43. The summed E-state index contributed by atoms with van der Waals surface area (Å²) < 4.78 is 17.3. The van der Waals surface area contributed by atoms with E-state index in [2.05, 4.69) is 4.90 Å². The van der Waals surface area contributed by atoms with Crippen LogP contribution in [0.1, 0.15) is 20.8 Å². The van der Waals surface area contributed by atoms with Gasteiger partial charge in [-0.25, -0.2) is 4.79 Å². The second kappa shape index (κ2) is 7.09. The smallest absolute Gasteiger partial charge is 0.410 e. The lowest BCUT2D eigenvalue weighted by Gasteiger charge is -2.27. The largest absolute Gasteiger partial charge is 0.444 e. The van der Waals surface area contributed by atoms with Gasteiger partial charge in [-0.2, -0.15) is 0 Å². The molecule has 0 aliphatic carbocycles. The van der Waals surface area contributed by atoms with Crippen LogP contribution in [0.4, 0.5) is 4.79 Å². The number of amides is 1. The summed E-state index contributed by atoms with van der Waals surface area (Å²) in [6.45, 7) is 7.23. The van der Waals surface area contributed by atoms with E-state index in [4.69, 9.17) is 16.3 Å². The maximum atomic E-state index is 12.1. The molecule has 0 saturated carbocycles. The normalized spacial score (nSPS) is 25.1. The van der Waals surface area contributed by atoms with Crippen molar-refractivity contribution >= 4 is 28.5 Å². The number of alkyl halides is 1. The fraction of sp³-hybridized carbons (Fsp3) is 0.923. The summed E-state index contributed by atoms with van der Waals surface area (Å²) in [5.41, 5.74) is -0.516. The number of carbonyl (C=O) groups is 1. The van der Waals surface area contributed by atoms with Crippen molar-refractivity contribution in [2.75, 3.05) is 38.8 Å². The van der Waals surface area contributed by atoms with Crippen molar-refractivity contribution in [1.29, 1.82) is 0 Å². The van der Waals surface area contributed by atoms with Crippen molar-refractivity contribution in [3.8, 4) is 0 Å². The minimum Gasteiger partial charge on any atom is -0.444 e. The summed E-state index contributed by atoms with van der Waals surface area (Å²) in [7, 11) is 0.960. The van der Waals surface area contributed by atoms with E-state index in [1.807, 2.05) is 27.8 Å². The van der Waals surface area contributed by atoms with Gasteiger partial charge in [0.05, 0.1) is 5.25 Å². The molecule has 0 aromatic carbocycles. The van der Waals surface area contributed by atoms with Crippen LogP contribution >= 0.6 is 11.6 Å². The summed E-state index contributed by atoms with van der Waals surface area (Å²) in [5, 5.41) is -0.0595. The van der Waals surface area contributed by atoms with Crippen molar-refractivity contribution in [2.24, 2.45) is 0 Å². The first kappa shape index (κ1) is 17.7. The van der Waals surface area contributed by atoms with Crippen molar-refractivity contribution in [3.63, 3.8) is 0 Å². The molecule has 0 spiro atoms. The average molecular weight is 325 g/mol. The molecule has 0 aromatic rings. The van der Waals surface area contributed by atoms with Crippen LogP contribution in [0.2, 0.25) is 0 Å². The fourth-order valence-electron chi connectivity index (χ4n) is 2.28. The van der Waals surface area contributed by atoms with Crippen LogP contribution in [0.25, 0.3) is 0 Å². The van der Waals surface area contributed by atoms with Gasteiger partial charge in [-0.3, -0.25) is 9.11 Å². The van der Waals surface area contributed by atoms with Gasteiger partial charge >= 0.3 is 6.09 Å². The van der Waals surface area contributed by atoms with Gasteiger partial charge in [-0.15, -0.1) is 11.6 Å². The monoisotopic (exact) mass is 324 g/mol. The van der Waals surface area contributed by atoms with Crippen LogP contribution in [0.15, 0.2) is 0 Å². The minimum absolute atomic E-state index is 0.0595. The van der Waals surface area contributed by atoms with Crippen molar-refractivity contribution in [2.45, 2.75) is 37.7 Å². The highest BCUT2D eigenvalue weighted by Gasteiger charge is 2.40. The number of halogens is 1. The number of nitrogens with zero attached hydrogens (tertiary/aromatic N) is 2. The molecule has 1 fully saturated rings. The Hall–Kier alpha value is -0.330. The molecule has 0 aromatic heterocycles. The van der Waals surface area contributed by atoms with E-state index in [1.54, 1.807) is 11.2 Å². The highest BCUT2D eigenvalue weighted by molar-refractivity contribution is 7.85. The van der Waals surface area contributed by atoms with Gasteiger partial charge in [0.25, 0.3) is 0 Å². The highest BCUT2D eigenvalue weighted by Crippen LogP contribution is 2.22. The highest BCUT2D eigenvalue weighted by atomic mass is 35.5. The molecule has 1 amide bonds. The molecule has 1 heterocycles. The number of carbonyl (C=O) groups excluding carboxylic acids is 1. The van der Waals surface area contributed by atoms with E-state index < -0.39 is 16.4 Å². The van der Waals surface area contributed by atoms with Gasteiger partial charge in [0.15, 0.2) is 0 Å². The van der Waals surface area contributed by atoms with E-state index >= 15 is 0 Å². The Bertz CT molecular complexity index is 373. The quantitative estimate of drug-likeness (QED) is 0.736. The summed E-state index contributed by atoms with van der Waals surface area (Å²) in [6.07, 6.45) is 1.35. The van der Waals surface area contributed by atoms with E-state index in [-0.39, 0.29) is 17.4 Å². The zero-order valence-corrected chi connectivity index (χ0v) is 14.5. The molecule has 7 heteroatoms. The summed E-state index contributed by atoms with van der Waals surface area (Å²) in [4.78, 5) is 15.8. The standard InChI is InChI=1S/C13H25ClN2O3S/c1-13(2,3)19-12(17)16-8-10(15(4)7-6-14)11(9-16)20(5)18/h10-11H,6-9H2,1-5H3. The Morgan fingerprint density at radius 2 is 2.05 bits per heavy atom. The van der Waals surface area contributed by atoms with Gasteiger partial charge in [-0.05, 0) is 27.8 Å². The van der Waals surface area contributed by atoms with Crippen LogP contribution in [0.5, 0.6) is 0 Å². The van der Waals surface area contributed by atoms with E-state index in [1.165, 1.54) is 0 Å². The average Bonchev–Trinajstić information content (AvgIpc) is 2.71. The number of hydrogen-bond donors (Lipinski definition) is 0. The molecule has 0 radical (unpaired) electrons. The Labute approximate surface area is 129 Å². The minimum atomic E-state index is -0.990. The third-order valence-electron chi connectivity index (χ3n) is 3.32. The summed E-state index contributed by atoms with van der Waals surface area (Å²) in [6, 6.07) is 0.0621. The second-order valence-corrected chi connectivity index (χ2v) is 8.14. The van der Waals surface area contributed by atoms with Crippen molar-refractivity contribution in [3.05, 3.63) is 0 Å². The van der Waals surface area contributed by atoms with E-state index in [9.17, 15) is 9.00 Å². The zero-order valence-electron chi connectivity index (χ0n) is 12.9. The number of ether oxygens (including phenoxy) is 1. The van der Waals surface area contributed by atoms with Gasteiger partial charge < -0.3 is 9.64 Å². The summed E-state index contributed by atoms with van der Waals surface area (Å²) >= 11 is 5.77. The molecular weight excluding hydrogens is 300 g/mol. The maximum absolute atomic E-state index is 12.1. The SMILES string of the molecule is CN(CCCl)C1CN(C(=O)OC(C)(C)C)CC1S(C)=O. The zero-order chi connectivity index (χ0) is 15.5. The Kier molecular flexibility index (Phi) is 6.28.